The minimum atomic E-state index is -0.247. The second-order valence-corrected chi connectivity index (χ2v) is 8.64. The van der Waals surface area contributed by atoms with Crippen LogP contribution in [0.3, 0.4) is 0 Å². The third-order valence-electron chi connectivity index (χ3n) is 4.87. The third kappa shape index (κ3) is 5.68. The molecular weight excluding hydrogens is 422 g/mol. The van der Waals surface area contributed by atoms with Gasteiger partial charge >= 0.3 is 6.03 Å². The summed E-state index contributed by atoms with van der Waals surface area (Å²) in [6.45, 7) is 8.58. The molecule has 0 saturated heterocycles. The molecule has 33 heavy (non-hydrogen) atoms. The quantitative estimate of drug-likeness (QED) is 0.365. The number of nitrogens with zero attached hydrogens (tertiary/aromatic N) is 4. The number of aromatic nitrogens is 5. The third-order valence-corrected chi connectivity index (χ3v) is 4.87. The minimum Gasteiger partial charge on any atom is -0.493 e. The Hall–Kier alpha value is -3.89. The molecule has 0 aliphatic rings. The van der Waals surface area contributed by atoms with Gasteiger partial charge in [-0.1, -0.05) is 20.8 Å². The van der Waals surface area contributed by atoms with Crippen molar-refractivity contribution < 1.29 is 9.53 Å². The molecule has 0 saturated carbocycles. The summed E-state index contributed by atoms with van der Waals surface area (Å²) in [5, 5.41) is 8.49. The van der Waals surface area contributed by atoms with Crippen molar-refractivity contribution in [3.63, 3.8) is 0 Å². The summed E-state index contributed by atoms with van der Waals surface area (Å²) in [5.74, 6) is 2.02. The first-order valence-corrected chi connectivity index (χ1v) is 10.6. The van der Waals surface area contributed by atoms with Crippen molar-refractivity contribution in [1.82, 2.24) is 35.6 Å². The number of carbonyl (C=O) groups is 1. The highest BCUT2D eigenvalue weighted by Crippen LogP contribution is 2.34. The predicted molar refractivity (Wildman–Crippen MR) is 128 cm³/mol. The van der Waals surface area contributed by atoms with E-state index in [2.05, 4.69) is 56.7 Å². The van der Waals surface area contributed by atoms with Gasteiger partial charge in [0.05, 0.1) is 24.2 Å². The number of methoxy groups -OCH3 is 1. The van der Waals surface area contributed by atoms with Gasteiger partial charge in [-0.3, -0.25) is 0 Å². The SMILES string of the molecule is CNC(=O)NC(C)CNc1nccc(-c2[nH]c(C(C)(C)C)nc2-c2cnc(N)c(OC)c2)n1. The number of hydrogen-bond donors (Lipinski definition) is 5. The van der Waals surface area contributed by atoms with E-state index in [1.165, 1.54) is 0 Å². The van der Waals surface area contributed by atoms with E-state index in [4.69, 9.17) is 15.5 Å². The fourth-order valence-electron chi connectivity index (χ4n) is 3.05. The number of hydrogen-bond acceptors (Lipinski definition) is 8. The Labute approximate surface area is 193 Å². The molecule has 0 aliphatic carbocycles. The first-order valence-electron chi connectivity index (χ1n) is 10.6. The normalized spacial score (nSPS) is 12.2. The fraction of sp³-hybridized carbons (Fsp3) is 0.409. The second kappa shape index (κ2) is 9.72. The first-order chi connectivity index (χ1) is 15.6. The van der Waals surface area contributed by atoms with Crippen molar-refractivity contribution in [3.05, 3.63) is 30.4 Å². The maximum atomic E-state index is 11.5. The van der Waals surface area contributed by atoms with Gasteiger partial charge in [0.2, 0.25) is 5.95 Å². The number of anilines is 2. The zero-order valence-electron chi connectivity index (χ0n) is 19.8. The molecule has 11 heteroatoms. The highest BCUT2D eigenvalue weighted by Gasteiger charge is 2.24. The van der Waals surface area contributed by atoms with Gasteiger partial charge in [0, 0.05) is 43.0 Å². The summed E-state index contributed by atoms with van der Waals surface area (Å²) < 4.78 is 5.34. The van der Waals surface area contributed by atoms with Crippen LogP contribution in [-0.2, 0) is 5.41 Å². The zero-order chi connectivity index (χ0) is 24.2. The zero-order valence-corrected chi connectivity index (χ0v) is 19.8. The molecule has 176 valence electrons. The van der Waals surface area contributed by atoms with E-state index >= 15 is 0 Å². The van der Waals surface area contributed by atoms with Gasteiger partial charge in [0.1, 0.15) is 5.82 Å². The van der Waals surface area contributed by atoms with Gasteiger partial charge in [-0.15, -0.1) is 0 Å². The number of rotatable bonds is 7. The largest absolute Gasteiger partial charge is 0.493 e. The van der Waals surface area contributed by atoms with Gasteiger partial charge in [-0.2, -0.15) is 0 Å². The van der Waals surface area contributed by atoms with Gasteiger partial charge in [0.15, 0.2) is 11.6 Å². The lowest BCUT2D eigenvalue weighted by atomic mass is 9.96. The number of nitrogen functional groups attached to an aromatic ring is 1. The number of pyridine rings is 1. The first kappa shape index (κ1) is 23.8. The molecule has 0 aromatic carbocycles. The number of ether oxygens (including phenoxy) is 1. The van der Waals surface area contributed by atoms with Crippen molar-refractivity contribution in [3.8, 4) is 28.4 Å². The van der Waals surface area contributed by atoms with E-state index in [-0.39, 0.29) is 17.5 Å². The monoisotopic (exact) mass is 453 g/mol. The van der Waals surface area contributed by atoms with Crippen LogP contribution in [0.15, 0.2) is 24.5 Å². The Morgan fingerprint density at radius 2 is 2.03 bits per heavy atom. The topological polar surface area (TPSA) is 156 Å². The molecule has 2 amide bonds. The molecular formula is C22H31N9O2. The molecule has 1 unspecified atom stereocenters. The average Bonchev–Trinajstić information content (AvgIpc) is 3.24. The second-order valence-electron chi connectivity index (χ2n) is 8.64. The lowest BCUT2D eigenvalue weighted by molar-refractivity contribution is 0.240. The number of H-pyrrole nitrogens is 1. The highest BCUT2D eigenvalue weighted by molar-refractivity contribution is 5.78. The summed E-state index contributed by atoms with van der Waals surface area (Å²) in [7, 11) is 3.12. The maximum Gasteiger partial charge on any atom is 0.314 e. The van der Waals surface area contributed by atoms with Crippen molar-refractivity contribution in [2.24, 2.45) is 0 Å². The Morgan fingerprint density at radius 3 is 2.70 bits per heavy atom. The van der Waals surface area contributed by atoms with Crippen LogP contribution in [0.4, 0.5) is 16.6 Å². The van der Waals surface area contributed by atoms with E-state index in [1.54, 1.807) is 32.6 Å². The van der Waals surface area contributed by atoms with Crippen LogP contribution in [0.25, 0.3) is 22.6 Å². The van der Waals surface area contributed by atoms with E-state index < -0.39 is 0 Å². The minimum absolute atomic E-state index is 0.124. The summed E-state index contributed by atoms with van der Waals surface area (Å²) in [6.07, 6.45) is 3.33. The molecule has 3 aromatic rings. The molecule has 0 spiro atoms. The molecule has 0 fully saturated rings. The van der Waals surface area contributed by atoms with Crippen LogP contribution in [-0.4, -0.2) is 57.7 Å². The molecule has 0 aliphatic heterocycles. The molecule has 11 nitrogen and oxygen atoms in total. The molecule has 6 N–H and O–H groups in total. The summed E-state index contributed by atoms with van der Waals surface area (Å²) >= 11 is 0. The molecule has 3 aromatic heterocycles. The Morgan fingerprint density at radius 1 is 1.27 bits per heavy atom. The summed E-state index contributed by atoms with van der Waals surface area (Å²) in [6, 6.07) is 3.24. The Balaban J connectivity index is 1.96. The van der Waals surface area contributed by atoms with Gasteiger partial charge in [-0.05, 0) is 19.1 Å². The van der Waals surface area contributed by atoms with Crippen LogP contribution in [0, 0.1) is 0 Å². The number of imidazole rings is 1. The van der Waals surface area contributed by atoms with Gasteiger partial charge in [0.25, 0.3) is 0 Å². The van der Waals surface area contributed by atoms with Crippen molar-refractivity contribution in [2.75, 3.05) is 31.8 Å². The van der Waals surface area contributed by atoms with Crippen LogP contribution >= 0.6 is 0 Å². The standard InChI is InChI=1S/C22H31N9O2/c1-12(28-21(32)24-5)10-27-20-25-8-7-14(29-20)17-16(30-19(31-17)22(2,3)4)13-9-15(33-6)18(23)26-11-13/h7-9,11-12H,10H2,1-6H3,(H2,23,26)(H,30,31)(H2,24,28,32)(H,25,27,29). The Bertz CT molecular complexity index is 1120. The number of urea groups is 1. The van der Waals surface area contributed by atoms with Crippen LogP contribution < -0.4 is 26.4 Å². The molecule has 0 radical (unpaired) electrons. The van der Waals surface area contributed by atoms with Crippen LogP contribution in [0.2, 0.25) is 0 Å². The fourth-order valence-corrected chi connectivity index (χ4v) is 3.05. The van der Waals surface area contributed by atoms with E-state index in [1.807, 2.05) is 13.0 Å². The lowest BCUT2D eigenvalue weighted by Gasteiger charge is -2.14. The van der Waals surface area contributed by atoms with E-state index in [9.17, 15) is 4.79 Å². The van der Waals surface area contributed by atoms with E-state index in [0.717, 1.165) is 17.1 Å². The smallest absolute Gasteiger partial charge is 0.314 e. The number of amides is 2. The predicted octanol–water partition coefficient (Wildman–Crippen LogP) is 2.55. The molecule has 0 bridgehead atoms. The average molecular weight is 454 g/mol. The Kier molecular flexibility index (Phi) is 7.00. The number of aromatic amines is 1. The lowest BCUT2D eigenvalue weighted by Crippen LogP contribution is -2.42. The van der Waals surface area contributed by atoms with Crippen molar-refractivity contribution in [2.45, 2.75) is 39.2 Å². The highest BCUT2D eigenvalue weighted by atomic mass is 16.5. The van der Waals surface area contributed by atoms with Crippen LogP contribution in [0.1, 0.15) is 33.5 Å². The maximum absolute atomic E-state index is 11.5. The van der Waals surface area contributed by atoms with Gasteiger partial charge < -0.3 is 31.4 Å². The summed E-state index contributed by atoms with van der Waals surface area (Å²) in [4.78, 5) is 33.0. The number of nitrogens with two attached hydrogens (primary N) is 1. The molecule has 3 rings (SSSR count). The summed E-state index contributed by atoms with van der Waals surface area (Å²) in [5.41, 5.74) is 8.51. The van der Waals surface area contributed by atoms with Crippen molar-refractivity contribution >= 4 is 17.8 Å². The van der Waals surface area contributed by atoms with Crippen LogP contribution in [0.5, 0.6) is 5.75 Å². The van der Waals surface area contributed by atoms with Crippen molar-refractivity contribution in [1.29, 1.82) is 0 Å². The molecule has 1 atom stereocenters. The van der Waals surface area contributed by atoms with E-state index in [0.29, 0.717) is 35.4 Å². The van der Waals surface area contributed by atoms with Gasteiger partial charge in [-0.25, -0.2) is 24.7 Å². The molecule has 3 heterocycles. The number of nitrogens with one attached hydrogen (secondary N) is 4. The number of carbonyl (C=O) groups excluding carboxylic acids is 1.